The maximum Gasteiger partial charge on any atom is 0.323 e. The molecular weight excluding hydrogens is 228 g/mol. The normalized spacial score (nSPS) is 20.2. The quantitative estimate of drug-likeness (QED) is 0.847. The Morgan fingerprint density at radius 2 is 2.39 bits per heavy atom. The minimum atomic E-state index is -0.0386. The fourth-order valence-electron chi connectivity index (χ4n) is 2.26. The number of nitrogens with zero attached hydrogens (tertiary/aromatic N) is 2. The van der Waals surface area contributed by atoms with Crippen molar-refractivity contribution in [1.82, 2.24) is 15.1 Å². The number of carbonyl (C=O) groups excluding carboxylic acids is 1. The Morgan fingerprint density at radius 3 is 3.00 bits per heavy atom. The summed E-state index contributed by atoms with van der Waals surface area (Å²) in [5, 5.41) is 9.90. The largest absolute Gasteiger partial charge is 0.324 e. The molecule has 0 aromatic carbocycles. The fourth-order valence-corrected chi connectivity index (χ4v) is 2.26. The van der Waals surface area contributed by atoms with Crippen LogP contribution in [0.15, 0.2) is 6.07 Å². The Balaban J connectivity index is 1.93. The number of nitrogens with one attached hydrogen (secondary N) is 2. The maximum absolute atomic E-state index is 12.1. The first-order valence-electron chi connectivity index (χ1n) is 6.67. The van der Waals surface area contributed by atoms with Gasteiger partial charge in [-0.3, -0.25) is 10.4 Å². The number of aromatic amines is 1. The summed E-state index contributed by atoms with van der Waals surface area (Å²) in [7, 11) is 0. The van der Waals surface area contributed by atoms with Crippen LogP contribution in [-0.2, 0) is 0 Å². The molecule has 1 unspecified atom stereocenters. The van der Waals surface area contributed by atoms with Gasteiger partial charge in [-0.2, -0.15) is 5.10 Å². The van der Waals surface area contributed by atoms with Crippen LogP contribution in [-0.4, -0.2) is 34.2 Å². The smallest absolute Gasteiger partial charge is 0.323 e. The van der Waals surface area contributed by atoms with Crippen LogP contribution in [0.5, 0.6) is 0 Å². The summed E-state index contributed by atoms with van der Waals surface area (Å²) in [4.78, 5) is 13.9. The number of anilines is 1. The van der Waals surface area contributed by atoms with Crippen LogP contribution in [0.4, 0.5) is 10.6 Å². The van der Waals surface area contributed by atoms with Gasteiger partial charge in [-0.1, -0.05) is 20.8 Å². The zero-order valence-electron chi connectivity index (χ0n) is 11.4. The zero-order valence-corrected chi connectivity index (χ0v) is 11.4. The molecule has 1 aliphatic heterocycles. The number of likely N-dealkylation sites (tertiary alicyclic amines) is 1. The number of piperidine rings is 1. The molecule has 0 saturated carbocycles. The molecule has 1 aromatic rings. The lowest BCUT2D eigenvalue weighted by molar-refractivity contribution is 0.182. The highest BCUT2D eigenvalue weighted by molar-refractivity contribution is 5.88. The molecule has 2 heterocycles. The molecule has 1 atom stereocenters. The van der Waals surface area contributed by atoms with Gasteiger partial charge in [-0.25, -0.2) is 4.79 Å². The number of hydrogen-bond donors (Lipinski definition) is 2. The molecule has 18 heavy (non-hydrogen) atoms. The first-order chi connectivity index (χ1) is 8.56. The summed E-state index contributed by atoms with van der Waals surface area (Å²) in [5.74, 6) is 1.59. The average molecular weight is 250 g/mol. The second kappa shape index (κ2) is 5.42. The Labute approximate surface area is 108 Å². The Bertz CT molecular complexity index is 413. The molecule has 0 radical (unpaired) electrons. The minimum absolute atomic E-state index is 0.0386. The van der Waals surface area contributed by atoms with E-state index in [1.165, 1.54) is 6.42 Å². The van der Waals surface area contributed by atoms with Crippen molar-refractivity contribution in [2.24, 2.45) is 5.92 Å². The molecule has 1 fully saturated rings. The van der Waals surface area contributed by atoms with Crippen molar-refractivity contribution in [3.63, 3.8) is 0 Å². The van der Waals surface area contributed by atoms with Crippen LogP contribution in [0.1, 0.15) is 45.2 Å². The number of hydrogen-bond acceptors (Lipinski definition) is 2. The first-order valence-corrected chi connectivity index (χ1v) is 6.67. The molecule has 2 amide bonds. The molecule has 0 spiro atoms. The third-order valence-electron chi connectivity index (χ3n) is 3.40. The molecule has 2 N–H and O–H groups in total. The molecule has 2 rings (SSSR count). The van der Waals surface area contributed by atoms with Crippen molar-refractivity contribution in [2.75, 3.05) is 18.4 Å². The number of carbonyl (C=O) groups is 1. The summed E-state index contributed by atoms with van der Waals surface area (Å²) in [6.07, 6.45) is 2.30. The van der Waals surface area contributed by atoms with Gasteiger partial charge in [0.15, 0.2) is 5.82 Å². The summed E-state index contributed by atoms with van der Waals surface area (Å²) >= 11 is 0. The Morgan fingerprint density at radius 1 is 1.61 bits per heavy atom. The van der Waals surface area contributed by atoms with Crippen LogP contribution in [0.2, 0.25) is 0 Å². The van der Waals surface area contributed by atoms with Gasteiger partial charge in [0.1, 0.15) is 0 Å². The Hall–Kier alpha value is -1.52. The van der Waals surface area contributed by atoms with Crippen molar-refractivity contribution in [3.8, 4) is 0 Å². The third kappa shape index (κ3) is 3.03. The van der Waals surface area contributed by atoms with E-state index >= 15 is 0 Å². The second-order valence-electron chi connectivity index (χ2n) is 5.49. The van der Waals surface area contributed by atoms with E-state index in [1.54, 1.807) is 0 Å². The first kappa shape index (κ1) is 12.9. The van der Waals surface area contributed by atoms with E-state index in [1.807, 2.05) is 11.0 Å². The number of aromatic nitrogens is 2. The molecular formula is C13H22N4O. The molecule has 1 saturated heterocycles. The van der Waals surface area contributed by atoms with E-state index in [2.05, 4.69) is 36.3 Å². The lowest BCUT2D eigenvalue weighted by Gasteiger charge is -2.30. The lowest BCUT2D eigenvalue weighted by Crippen LogP contribution is -2.41. The molecule has 0 aliphatic carbocycles. The number of rotatable bonds is 2. The van der Waals surface area contributed by atoms with Crippen LogP contribution in [0.25, 0.3) is 0 Å². The number of amides is 2. The molecule has 0 bridgehead atoms. The zero-order chi connectivity index (χ0) is 13.1. The second-order valence-corrected chi connectivity index (χ2v) is 5.49. The third-order valence-corrected chi connectivity index (χ3v) is 3.40. The standard InChI is InChI=1S/C13H22N4O/c1-9(2)11-7-12(16-15-11)14-13(18)17-6-4-5-10(3)8-17/h7,9-10H,4-6,8H2,1-3H3,(H2,14,15,16,18). The van der Waals surface area contributed by atoms with Crippen molar-refractivity contribution in [2.45, 2.75) is 39.5 Å². The van der Waals surface area contributed by atoms with Gasteiger partial charge in [-0.15, -0.1) is 0 Å². The Kier molecular flexibility index (Phi) is 3.89. The molecule has 5 nitrogen and oxygen atoms in total. The molecule has 1 aromatic heterocycles. The van der Waals surface area contributed by atoms with E-state index in [4.69, 9.17) is 0 Å². The van der Waals surface area contributed by atoms with Crippen molar-refractivity contribution < 1.29 is 4.79 Å². The summed E-state index contributed by atoms with van der Waals surface area (Å²) in [6, 6.07) is 1.86. The predicted molar refractivity (Wildman–Crippen MR) is 71.7 cm³/mol. The van der Waals surface area contributed by atoms with Gasteiger partial charge in [0.25, 0.3) is 0 Å². The molecule has 5 heteroatoms. The lowest BCUT2D eigenvalue weighted by atomic mass is 10.0. The predicted octanol–water partition coefficient (Wildman–Crippen LogP) is 2.80. The van der Waals surface area contributed by atoms with Crippen LogP contribution < -0.4 is 5.32 Å². The summed E-state index contributed by atoms with van der Waals surface area (Å²) in [5.41, 5.74) is 1.04. The highest BCUT2D eigenvalue weighted by Gasteiger charge is 2.21. The van der Waals surface area contributed by atoms with E-state index < -0.39 is 0 Å². The van der Waals surface area contributed by atoms with E-state index in [9.17, 15) is 4.79 Å². The number of urea groups is 1. The van der Waals surface area contributed by atoms with Gasteiger partial charge in [0.2, 0.25) is 0 Å². The highest BCUT2D eigenvalue weighted by atomic mass is 16.2. The van der Waals surface area contributed by atoms with Gasteiger partial charge in [-0.05, 0) is 24.7 Å². The monoisotopic (exact) mass is 250 g/mol. The van der Waals surface area contributed by atoms with Crippen LogP contribution in [0.3, 0.4) is 0 Å². The van der Waals surface area contributed by atoms with Gasteiger partial charge in [0, 0.05) is 24.8 Å². The van der Waals surface area contributed by atoms with Gasteiger partial charge < -0.3 is 4.90 Å². The summed E-state index contributed by atoms with van der Waals surface area (Å²) < 4.78 is 0. The van der Waals surface area contributed by atoms with Crippen LogP contribution in [0, 0.1) is 5.92 Å². The highest BCUT2D eigenvalue weighted by Crippen LogP contribution is 2.18. The summed E-state index contributed by atoms with van der Waals surface area (Å²) in [6.45, 7) is 8.05. The minimum Gasteiger partial charge on any atom is -0.324 e. The van der Waals surface area contributed by atoms with Crippen molar-refractivity contribution in [1.29, 1.82) is 0 Å². The number of H-pyrrole nitrogens is 1. The van der Waals surface area contributed by atoms with Crippen molar-refractivity contribution >= 4 is 11.8 Å². The molecule has 100 valence electrons. The SMILES string of the molecule is CC1CCCN(C(=O)Nc2cc(C(C)C)[nH]n2)C1. The van der Waals surface area contributed by atoms with Gasteiger partial charge >= 0.3 is 6.03 Å². The van der Waals surface area contributed by atoms with Crippen LogP contribution >= 0.6 is 0 Å². The van der Waals surface area contributed by atoms with E-state index in [0.717, 1.165) is 25.2 Å². The molecule has 1 aliphatic rings. The van der Waals surface area contributed by atoms with Gasteiger partial charge in [0.05, 0.1) is 0 Å². The maximum atomic E-state index is 12.1. The van der Waals surface area contributed by atoms with E-state index in [-0.39, 0.29) is 6.03 Å². The van der Waals surface area contributed by atoms with Crippen molar-refractivity contribution in [3.05, 3.63) is 11.8 Å². The fraction of sp³-hybridized carbons (Fsp3) is 0.692. The average Bonchev–Trinajstić information content (AvgIpc) is 2.77. The topological polar surface area (TPSA) is 61.0 Å². The van der Waals surface area contributed by atoms with E-state index in [0.29, 0.717) is 17.7 Å².